The molecule has 0 unspecified atom stereocenters. The lowest BCUT2D eigenvalue weighted by Gasteiger charge is -2.12. The van der Waals surface area contributed by atoms with E-state index in [1.54, 1.807) is 0 Å². The zero-order chi connectivity index (χ0) is 14.5. The molecule has 0 amide bonds. The fourth-order valence-electron chi connectivity index (χ4n) is 2.58. The Balaban J connectivity index is 1.92. The van der Waals surface area contributed by atoms with E-state index >= 15 is 0 Å². The van der Waals surface area contributed by atoms with Crippen molar-refractivity contribution in [2.45, 2.75) is 12.8 Å². The number of hydrogen-bond acceptors (Lipinski definition) is 0. The lowest BCUT2D eigenvalue weighted by Crippen LogP contribution is -1.98. The summed E-state index contributed by atoms with van der Waals surface area (Å²) < 4.78 is 0. The highest BCUT2D eigenvalue weighted by Gasteiger charge is 2.08. The lowest BCUT2D eigenvalue weighted by atomic mass is 9.95. The Bertz CT molecular complexity index is 702. The summed E-state index contributed by atoms with van der Waals surface area (Å²) >= 11 is 6.45. The predicted octanol–water partition coefficient (Wildman–Crippen LogP) is 5.52. The summed E-state index contributed by atoms with van der Waals surface area (Å²) in [5.41, 5.74) is 5.14. The third kappa shape index (κ3) is 3.53. The first-order chi connectivity index (χ1) is 10.3. The van der Waals surface area contributed by atoms with Gasteiger partial charge in [-0.05, 0) is 41.2 Å². The van der Waals surface area contributed by atoms with Crippen LogP contribution in [0.15, 0.2) is 78.9 Å². The Morgan fingerprint density at radius 2 is 1.14 bits per heavy atom. The van der Waals surface area contributed by atoms with E-state index < -0.39 is 0 Å². The number of rotatable bonds is 4. The average Bonchev–Trinajstić information content (AvgIpc) is 2.53. The van der Waals surface area contributed by atoms with Crippen molar-refractivity contribution >= 4 is 11.6 Å². The van der Waals surface area contributed by atoms with Crippen molar-refractivity contribution in [3.63, 3.8) is 0 Å². The molecule has 3 aromatic carbocycles. The summed E-state index contributed by atoms with van der Waals surface area (Å²) in [6, 6.07) is 27.2. The van der Waals surface area contributed by atoms with Crippen molar-refractivity contribution in [1.82, 2.24) is 0 Å². The van der Waals surface area contributed by atoms with Crippen molar-refractivity contribution in [2.24, 2.45) is 0 Å². The number of benzene rings is 3. The van der Waals surface area contributed by atoms with Crippen LogP contribution in [0, 0.1) is 0 Å². The van der Waals surface area contributed by atoms with E-state index in [-0.39, 0.29) is 0 Å². The van der Waals surface area contributed by atoms with E-state index in [2.05, 4.69) is 54.6 Å². The monoisotopic (exact) mass is 292 g/mol. The first-order valence-corrected chi connectivity index (χ1v) is 7.55. The molecule has 0 aromatic heterocycles. The molecule has 0 aliphatic rings. The molecule has 0 aliphatic carbocycles. The average molecular weight is 293 g/mol. The Hall–Kier alpha value is -2.05. The highest BCUT2D eigenvalue weighted by Crippen LogP contribution is 2.25. The van der Waals surface area contributed by atoms with E-state index in [1.165, 1.54) is 22.3 Å². The highest BCUT2D eigenvalue weighted by atomic mass is 35.5. The van der Waals surface area contributed by atoms with Gasteiger partial charge in [0.1, 0.15) is 0 Å². The van der Waals surface area contributed by atoms with Crippen LogP contribution in [0.1, 0.15) is 22.3 Å². The first kappa shape index (κ1) is 13.9. The summed E-state index contributed by atoms with van der Waals surface area (Å²) in [5.74, 6) is 0. The van der Waals surface area contributed by atoms with E-state index in [4.69, 9.17) is 11.6 Å². The van der Waals surface area contributed by atoms with Gasteiger partial charge in [-0.1, -0.05) is 84.4 Å². The Kier molecular flexibility index (Phi) is 4.37. The van der Waals surface area contributed by atoms with Crippen LogP contribution in [0.5, 0.6) is 0 Å². The molecule has 0 saturated carbocycles. The second kappa shape index (κ2) is 6.60. The van der Waals surface area contributed by atoms with Gasteiger partial charge in [-0.15, -0.1) is 0 Å². The summed E-state index contributed by atoms with van der Waals surface area (Å²) in [7, 11) is 0. The molecule has 0 nitrogen and oxygen atoms in total. The Labute approximate surface area is 131 Å². The molecule has 0 spiro atoms. The molecule has 21 heavy (non-hydrogen) atoms. The third-order valence-corrected chi connectivity index (χ3v) is 4.03. The molecule has 3 aromatic rings. The Morgan fingerprint density at radius 1 is 0.571 bits per heavy atom. The molecular weight excluding hydrogens is 276 g/mol. The lowest BCUT2D eigenvalue weighted by molar-refractivity contribution is 1.09. The minimum atomic E-state index is 0.854. The molecule has 1 heteroatoms. The highest BCUT2D eigenvalue weighted by molar-refractivity contribution is 6.31. The smallest absolute Gasteiger partial charge is 0.0444 e. The van der Waals surface area contributed by atoms with Crippen LogP contribution in [0.4, 0.5) is 0 Å². The summed E-state index contributed by atoms with van der Waals surface area (Å²) in [6.45, 7) is 0. The zero-order valence-corrected chi connectivity index (χ0v) is 12.6. The normalized spacial score (nSPS) is 10.5. The molecule has 0 radical (unpaired) electrons. The maximum Gasteiger partial charge on any atom is 0.0444 e. The van der Waals surface area contributed by atoms with Gasteiger partial charge in [0.2, 0.25) is 0 Å². The summed E-state index contributed by atoms with van der Waals surface area (Å²) in [4.78, 5) is 0. The molecular formula is C20H17Cl. The quantitative estimate of drug-likeness (QED) is 0.594. The van der Waals surface area contributed by atoms with Crippen molar-refractivity contribution in [1.29, 1.82) is 0 Å². The molecule has 0 bridgehead atoms. The van der Waals surface area contributed by atoms with Crippen LogP contribution in [-0.2, 0) is 12.8 Å². The van der Waals surface area contributed by atoms with E-state index in [0.29, 0.717) is 0 Å². The van der Waals surface area contributed by atoms with Gasteiger partial charge in [0.05, 0.1) is 0 Å². The second-order valence-electron chi connectivity index (χ2n) is 5.20. The topological polar surface area (TPSA) is 0 Å². The second-order valence-corrected chi connectivity index (χ2v) is 5.61. The number of halogens is 1. The molecule has 0 N–H and O–H groups in total. The predicted molar refractivity (Wildman–Crippen MR) is 89.9 cm³/mol. The molecule has 0 heterocycles. The first-order valence-electron chi connectivity index (χ1n) is 7.17. The van der Waals surface area contributed by atoms with Gasteiger partial charge in [0.15, 0.2) is 0 Å². The van der Waals surface area contributed by atoms with Gasteiger partial charge in [-0.25, -0.2) is 0 Å². The minimum Gasteiger partial charge on any atom is -0.0840 e. The van der Waals surface area contributed by atoms with Crippen LogP contribution in [-0.4, -0.2) is 0 Å². The molecule has 3 rings (SSSR count). The van der Waals surface area contributed by atoms with Crippen LogP contribution in [0.3, 0.4) is 0 Å². The molecule has 0 atom stereocenters. The molecule has 0 aliphatic heterocycles. The van der Waals surface area contributed by atoms with Gasteiger partial charge < -0.3 is 0 Å². The van der Waals surface area contributed by atoms with Crippen LogP contribution in [0.25, 0.3) is 0 Å². The van der Waals surface area contributed by atoms with Crippen molar-refractivity contribution in [3.8, 4) is 0 Å². The minimum absolute atomic E-state index is 0.854. The van der Waals surface area contributed by atoms with E-state index in [1.807, 2.05) is 24.3 Å². The fourth-order valence-corrected chi connectivity index (χ4v) is 2.84. The SMILES string of the molecule is Clc1cccc(Cc2ccccc2)c1Cc1ccccc1. The van der Waals surface area contributed by atoms with Crippen LogP contribution in [0.2, 0.25) is 5.02 Å². The van der Waals surface area contributed by atoms with E-state index in [0.717, 1.165) is 17.9 Å². The van der Waals surface area contributed by atoms with Gasteiger partial charge in [0, 0.05) is 5.02 Å². The van der Waals surface area contributed by atoms with Crippen LogP contribution >= 0.6 is 11.6 Å². The van der Waals surface area contributed by atoms with Crippen molar-refractivity contribution in [3.05, 3.63) is 106 Å². The standard InChI is InChI=1S/C20H17Cl/c21-20-13-7-12-18(14-16-8-3-1-4-9-16)19(20)15-17-10-5-2-6-11-17/h1-13H,14-15H2. The van der Waals surface area contributed by atoms with Gasteiger partial charge in [-0.3, -0.25) is 0 Å². The Morgan fingerprint density at radius 3 is 1.76 bits per heavy atom. The largest absolute Gasteiger partial charge is 0.0840 e. The van der Waals surface area contributed by atoms with Gasteiger partial charge in [0.25, 0.3) is 0 Å². The van der Waals surface area contributed by atoms with Crippen molar-refractivity contribution in [2.75, 3.05) is 0 Å². The third-order valence-electron chi connectivity index (χ3n) is 3.68. The van der Waals surface area contributed by atoms with Gasteiger partial charge in [-0.2, -0.15) is 0 Å². The van der Waals surface area contributed by atoms with E-state index in [9.17, 15) is 0 Å². The van der Waals surface area contributed by atoms with Crippen LogP contribution < -0.4 is 0 Å². The van der Waals surface area contributed by atoms with Crippen molar-refractivity contribution < 1.29 is 0 Å². The fraction of sp³-hybridized carbons (Fsp3) is 0.100. The summed E-state index contributed by atoms with van der Waals surface area (Å²) in [6.07, 6.45) is 1.80. The molecule has 0 fully saturated rings. The zero-order valence-electron chi connectivity index (χ0n) is 11.8. The number of hydrogen-bond donors (Lipinski definition) is 0. The molecule has 0 saturated heterocycles. The van der Waals surface area contributed by atoms with Gasteiger partial charge >= 0.3 is 0 Å². The molecule has 104 valence electrons. The summed E-state index contributed by atoms with van der Waals surface area (Å²) in [5, 5.41) is 0.854. The maximum atomic E-state index is 6.45. The maximum absolute atomic E-state index is 6.45.